The Balaban J connectivity index is 1.38. The van der Waals surface area contributed by atoms with Crippen LogP contribution in [-0.4, -0.2) is 150 Å². The molecule has 0 aliphatic heterocycles. The Kier molecular flexibility index (Phi) is 21.2. The van der Waals surface area contributed by atoms with E-state index in [0.29, 0.717) is 12.1 Å². The van der Waals surface area contributed by atoms with Gasteiger partial charge in [0.25, 0.3) is 0 Å². The van der Waals surface area contributed by atoms with E-state index in [2.05, 4.69) is 19.9 Å². The number of pyridine rings is 2. The highest BCUT2D eigenvalue weighted by molar-refractivity contribution is 6.15. The van der Waals surface area contributed by atoms with Gasteiger partial charge in [0.15, 0.2) is 0 Å². The number of benzene rings is 4. The molecule has 540 valence electrons. The largest absolute Gasteiger partial charge is 0.416 e. The van der Waals surface area contributed by atoms with Crippen molar-refractivity contribution in [3.63, 3.8) is 0 Å². The molecule has 4 N–H and O–H groups in total. The SMILES string of the molecule is Cc1nc(CN(C)C)n(-c2cc(C(F)(F)F)ccc2-c2cnc(C(=O)c3ncc(-c4ccc(C(F)(F)F)cc4-n4c(CN(C)C)nc(C)c4CO)cc3-c3ccc(C(F)(F)F)cc3-n3c(CN(C)C)nc(C)c3CO)c(-c3ccc(C(F)(F)F)cc3-n3c(CN(C)C)nc(C)c3CO)c2)c1CO. The maximum absolute atomic E-state index is 16.8. The van der Waals surface area contributed by atoms with E-state index in [0.717, 1.165) is 73.1 Å². The van der Waals surface area contributed by atoms with Crippen LogP contribution in [0.2, 0.25) is 0 Å². The van der Waals surface area contributed by atoms with Crippen LogP contribution in [0, 0.1) is 27.7 Å². The van der Waals surface area contributed by atoms with Crippen LogP contribution >= 0.6 is 0 Å². The molecule has 0 atom stereocenters. The van der Waals surface area contributed by atoms with Crippen LogP contribution in [0.15, 0.2) is 97.3 Å². The molecule has 0 aliphatic carbocycles. The van der Waals surface area contributed by atoms with E-state index >= 15 is 57.5 Å². The molecule has 4 aromatic carbocycles. The Bertz CT molecular complexity index is 4530. The molecule has 102 heavy (non-hydrogen) atoms. The van der Waals surface area contributed by atoms with Gasteiger partial charge in [-0.25, -0.2) is 19.9 Å². The van der Waals surface area contributed by atoms with E-state index in [1.165, 1.54) is 58.1 Å². The number of rotatable bonds is 22. The highest BCUT2D eigenvalue weighted by Gasteiger charge is 2.39. The van der Waals surface area contributed by atoms with Crippen LogP contribution in [0.1, 0.15) is 107 Å². The lowest BCUT2D eigenvalue weighted by atomic mass is 9.90. The van der Waals surface area contributed by atoms with Crippen LogP contribution < -0.4 is 0 Å². The van der Waals surface area contributed by atoms with E-state index in [-0.39, 0.29) is 162 Å². The minimum atomic E-state index is -5.07. The number of halogens is 12. The van der Waals surface area contributed by atoms with Gasteiger partial charge in [0, 0.05) is 56.9 Å². The van der Waals surface area contributed by atoms with E-state index in [9.17, 15) is 20.4 Å². The minimum absolute atomic E-state index is 0.00722. The lowest BCUT2D eigenvalue weighted by Gasteiger charge is -2.23. The molecule has 0 aliphatic rings. The molecule has 6 aromatic heterocycles. The second-order valence-electron chi connectivity index (χ2n) is 25.7. The summed E-state index contributed by atoms with van der Waals surface area (Å²) < 4.78 is 188. The quantitative estimate of drug-likeness (QED) is 0.0368. The Morgan fingerprint density at radius 2 is 0.578 bits per heavy atom. The summed E-state index contributed by atoms with van der Waals surface area (Å²) in [7, 11) is 13.3. The molecule has 31 heteroatoms. The normalized spacial score (nSPS) is 12.6. The summed E-state index contributed by atoms with van der Waals surface area (Å²) >= 11 is 0. The lowest BCUT2D eigenvalue weighted by Crippen LogP contribution is -2.18. The highest BCUT2D eigenvalue weighted by Crippen LogP contribution is 2.46. The number of hydrogen-bond donors (Lipinski definition) is 4. The maximum atomic E-state index is 16.8. The fraction of sp³-hybridized carbons (Fsp3) is 0.338. The van der Waals surface area contributed by atoms with Gasteiger partial charge in [-0.1, -0.05) is 24.3 Å². The number of carbonyl (C=O) groups is 1. The van der Waals surface area contributed by atoms with E-state index in [1.54, 1.807) is 76.0 Å². The molecular formula is C71H72F12N14O5. The number of hydrogen-bond acceptors (Lipinski definition) is 15. The molecule has 0 unspecified atom stereocenters. The number of nitrogens with zero attached hydrogens (tertiary/aromatic N) is 14. The molecule has 0 amide bonds. The Morgan fingerprint density at radius 1 is 0.353 bits per heavy atom. The van der Waals surface area contributed by atoms with Gasteiger partial charge in [-0.05, 0) is 145 Å². The second kappa shape index (κ2) is 28.8. The topological polar surface area (TPSA) is 208 Å². The summed E-state index contributed by atoms with van der Waals surface area (Å²) in [5.41, 5.74) is -7.80. The van der Waals surface area contributed by atoms with Gasteiger partial charge in [-0.15, -0.1) is 0 Å². The molecule has 10 aromatic rings. The van der Waals surface area contributed by atoms with Crippen LogP contribution in [0.3, 0.4) is 0 Å². The summed E-state index contributed by atoms with van der Waals surface area (Å²) in [6.07, 6.45) is -17.9. The Morgan fingerprint density at radius 3 is 0.794 bits per heavy atom. The zero-order chi connectivity index (χ0) is 74.7. The fourth-order valence-electron chi connectivity index (χ4n) is 12.6. The molecule has 0 saturated heterocycles. The van der Waals surface area contributed by atoms with Gasteiger partial charge >= 0.3 is 24.7 Å². The van der Waals surface area contributed by atoms with E-state index < -0.39 is 90.6 Å². The van der Waals surface area contributed by atoms with Crippen LogP contribution in [0.4, 0.5) is 52.7 Å². The molecule has 10 rings (SSSR count). The van der Waals surface area contributed by atoms with Crippen molar-refractivity contribution in [2.24, 2.45) is 0 Å². The third kappa shape index (κ3) is 14.9. The van der Waals surface area contributed by atoms with Crippen LogP contribution in [0.25, 0.3) is 67.3 Å². The van der Waals surface area contributed by atoms with Crippen molar-refractivity contribution < 1.29 is 77.9 Å². The van der Waals surface area contributed by atoms with Gasteiger partial charge in [-0.3, -0.25) is 33.0 Å². The highest BCUT2D eigenvalue weighted by atomic mass is 19.4. The van der Waals surface area contributed by atoms with Crippen molar-refractivity contribution in [1.82, 2.24) is 67.8 Å². The third-order valence-electron chi connectivity index (χ3n) is 17.1. The number of aliphatic hydroxyl groups excluding tert-OH is 4. The first kappa shape index (κ1) is 75.2. The molecule has 0 fully saturated rings. The zero-order valence-corrected chi connectivity index (χ0v) is 57.4. The predicted octanol–water partition coefficient (Wildman–Crippen LogP) is 12.6. The third-order valence-corrected chi connectivity index (χ3v) is 17.1. The summed E-state index contributed by atoms with van der Waals surface area (Å²) in [5.74, 6) is -0.729. The number of aliphatic hydroxyl groups is 4. The standard InChI is InChI=1S/C71H72F12N14O5/c1-37-57(33-98)94(61(86-37)29-90(5)6)53-23-43(68(72,73)74)13-17-47(53)41-21-51(49-19-15-45(70(78,79)80)25-55(49)96-59(35-100)39(3)88-63(96)31-92(9)10)65(84-27-41)67(102)66-52(50-20-16-46(71(81,82)83)26-56(50)97-60(36-101)40(4)89-64(97)32-93(11)12)22-42(28-85-66)48-18-14-44(69(75,76)77)24-54(48)95-58(34-99)38(2)87-62(95)30-91(7)8/h13-28,98-101H,29-36H2,1-12H3. The van der Waals surface area contributed by atoms with Gasteiger partial charge in [0.2, 0.25) is 5.78 Å². The number of alkyl halides is 12. The van der Waals surface area contributed by atoms with Crippen molar-refractivity contribution in [2.75, 3.05) is 56.4 Å². The van der Waals surface area contributed by atoms with Crippen LogP contribution in [-0.2, 0) is 77.3 Å². The van der Waals surface area contributed by atoms with Gasteiger partial charge in [0.1, 0.15) is 34.7 Å². The van der Waals surface area contributed by atoms with Gasteiger partial charge in [0.05, 0.1) is 143 Å². The Labute approximate surface area is 577 Å². The zero-order valence-electron chi connectivity index (χ0n) is 57.4. The summed E-state index contributed by atoms with van der Waals surface area (Å²) in [4.78, 5) is 51.5. The number of aromatic nitrogens is 10. The monoisotopic (exact) mass is 1430 g/mol. The van der Waals surface area contributed by atoms with E-state index in [1.807, 2.05) is 0 Å². The van der Waals surface area contributed by atoms with Crippen molar-refractivity contribution in [3.05, 3.63) is 200 Å². The first-order valence-corrected chi connectivity index (χ1v) is 31.5. The summed E-state index contributed by atoms with van der Waals surface area (Å²) in [6.45, 7) is 2.86. The van der Waals surface area contributed by atoms with Crippen LogP contribution in [0.5, 0.6) is 0 Å². The van der Waals surface area contributed by atoms with Crippen molar-refractivity contribution >= 4 is 5.78 Å². The molecule has 0 saturated carbocycles. The number of ketones is 1. The number of imidazole rings is 4. The average molecular weight is 1430 g/mol. The van der Waals surface area contributed by atoms with Crippen molar-refractivity contribution in [2.45, 2.75) is 105 Å². The first-order chi connectivity index (χ1) is 47.8. The second-order valence-corrected chi connectivity index (χ2v) is 25.7. The number of aryl methyl sites for hydroxylation is 4. The van der Waals surface area contributed by atoms with Crippen molar-refractivity contribution in [1.29, 1.82) is 0 Å². The molecular weight excluding hydrogens is 1360 g/mol. The average Bonchev–Trinajstić information content (AvgIpc) is 1.21. The molecule has 19 nitrogen and oxygen atoms in total. The molecule has 0 radical (unpaired) electrons. The first-order valence-electron chi connectivity index (χ1n) is 31.5. The fourth-order valence-corrected chi connectivity index (χ4v) is 12.6. The molecule has 0 bridgehead atoms. The minimum Gasteiger partial charge on any atom is -0.390 e. The van der Waals surface area contributed by atoms with Gasteiger partial charge in [-0.2, -0.15) is 52.7 Å². The Hall–Kier alpha value is -9.47. The predicted molar refractivity (Wildman–Crippen MR) is 354 cm³/mol. The number of carbonyl (C=O) groups excluding carboxylic acids is 1. The summed E-state index contributed by atoms with van der Waals surface area (Å²) in [5, 5.41) is 44.0. The maximum Gasteiger partial charge on any atom is 0.416 e. The van der Waals surface area contributed by atoms with E-state index in [4.69, 9.17) is 9.97 Å². The molecule has 6 heterocycles. The lowest BCUT2D eigenvalue weighted by molar-refractivity contribution is -0.138. The smallest absolute Gasteiger partial charge is 0.390 e. The van der Waals surface area contributed by atoms with Crippen molar-refractivity contribution in [3.8, 4) is 67.3 Å². The summed E-state index contributed by atoms with van der Waals surface area (Å²) in [6, 6.07) is 12.8. The van der Waals surface area contributed by atoms with Gasteiger partial charge < -0.3 is 40.0 Å². The molecule has 0 spiro atoms.